The molecule has 0 aromatic heterocycles. The fraction of sp³-hybridized carbons (Fsp3) is 0.867. The van der Waals surface area contributed by atoms with E-state index < -0.39 is 5.97 Å². The fourth-order valence-corrected chi connectivity index (χ4v) is 3.30. The van der Waals surface area contributed by atoms with Crippen molar-refractivity contribution in [1.29, 1.82) is 0 Å². The highest BCUT2D eigenvalue weighted by Crippen LogP contribution is 2.19. The van der Waals surface area contributed by atoms with E-state index in [4.69, 9.17) is 5.11 Å². The van der Waals surface area contributed by atoms with E-state index in [1.165, 1.54) is 0 Å². The van der Waals surface area contributed by atoms with Crippen LogP contribution in [0.1, 0.15) is 38.5 Å². The lowest BCUT2D eigenvalue weighted by molar-refractivity contribution is -0.146. The van der Waals surface area contributed by atoms with E-state index in [-0.39, 0.29) is 24.5 Å². The normalized spacial score (nSPS) is 25.6. The number of aliphatic hydroxyl groups excluding tert-OH is 1. The maximum Gasteiger partial charge on any atom is 0.306 e. The van der Waals surface area contributed by atoms with Gasteiger partial charge < -0.3 is 15.1 Å². The molecule has 0 spiro atoms. The van der Waals surface area contributed by atoms with Crippen molar-refractivity contribution in [2.75, 3.05) is 32.8 Å². The first kappa shape index (κ1) is 16.2. The summed E-state index contributed by atoms with van der Waals surface area (Å²) in [6.45, 7) is 2.39. The van der Waals surface area contributed by atoms with Crippen LogP contribution in [0.25, 0.3) is 0 Å². The van der Waals surface area contributed by atoms with Crippen molar-refractivity contribution in [2.24, 2.45) is 5.92 Å². The maximum atomic E-state index is 12.4. The van der Waals surface area contributed by atoms with E-state index in [0.29, 0.717) is 32.5 Å². The highest BCUT2D eigenvalue weighted by Gasteiger charge is 2.29. The molecule has 120 valence electrons. The van der Waals surface area contributed by atoms with Crippen molar-refractivity contribution < 1.29 is 19.8 Å². The second kappa shape index (κ2) is 7.75. The largest absolute Gasteiger partial charge is 0.481 e. The van der Waals surface area contributed by atoms with Crippen LogP contribution in [-0.4, -0.2) is 70.7 Å². The third-order valence-corrected chi connectivity index (χ3v) is 4.75. The molecule has 2 rings (SSSR count). The lowest BCUT2D eigenvalue weighted by atomic mass is 9.97. The summed E-state index contributed by atoms with van der Waals surface area (Å²) < 4.78 is 0. The van der Waals surface area contributed by atoms with Crippen LogP contribution in [0.2, 0.25) is 0 Å². The summed E-state index contributed by atoms with van der Waals surface area (Å²) >= 11 is 0. The van der Waals surface area contributed by atoms with Crippen LogP contribution in [0.15, 0.2) is 0 Å². The van der Waals surface area contributed by atoms with E-state index in [9.17, 15) is 14.7 Å². The van der Waals surface area contributed by atoms with E-state index in [1.807, 2.05) is 0 Å². The molecule has 1 atom stereocenters. The highest BCUT2D eigenvalue weighted by atomic mass is 16.4. The number of aliphatic carboxylic acids is 1. The fourth-order valence-electron chi connectivity index (χ4n) is 3.30. The van der Waals surface area contributed by atoms with Crippen molar-refractivity contribution in [1.82, 2.24) is 9.80 Å². The maximum absolute atomic E-state index is 12.4. The van der Waals surface area contributed by atoms with Crippen LogP contribution in [0.4, 0.5) is 0 Å². The number of amides is 1. The molecule has 0 aliphatic carbocycles. The molecule has 2 heterocycles. The summed E-state index contributed by atoms with van der Waals surface area (Å²) in [6.07, 6.45) is 5.38. The Morgan fingerprint density at radius 3 is 2.33 bits per heavy atom. The first-order valence-electron chi connectivity index (χ1n) is 7.97. The molecule has 2 saturated heterocycles. The number of hydrogen-bond donors (Lipinski definition) is 2. The zero-order valence-corrected chi connectivity index (χ0v) is 12.5. The standard InChI is InChI=1S/C15H26N2O4/c18-11-13-4-2-1-3-7-17(13)10-14(19)16-8-5-12(6-9-16)15(20)21/h12-13,18H,1-11H2,(H,20,21). The average molecular weight is 298 g/mol. The van der Waals surface area contributed by atoms with Crippen LogP contribution >= 0.6 is 0 Å². The van der Waals surface area contributed by atoms with Crippen molar-refractivity contribution in [2.45, 2.75) is 44.6 Å². The Morgan fingerprint density at radius 1 is 1.00 bits per heavy atom. The SMILES string of the molecule is O=C(O)C1CCN(C(=O)CN2CCCCCC2CO)CC1. The van der Waals surface area contributed by atoms with Gasteiger partial charge in [-0.05, 0) is 32.2 Å². The molecule has 0 aromatic carbocycles. The minimum Gasteiger partial charge on any atom is -0.481 e. The quantitative estimate of drug-likeness (QED) is 0.792. The van der Waals surface area contributed by atoms with E-state index in [0.717, 1.165) is 32.2 Å². The molecule has 1 amide bonds. The molecule has 6 heteroatoms. The van der Waals surface area contributed by atoms with Gasteiger partial charge in [0.05, 0.1) is 19.1 Å². The van der Waals surface area contributed by atoms with Gasteiger partial charge in [0.1, 0.15) is 0 Å². The Hall–Kier alpha value is -1.14. The molecular weight excluding hydrogens is 272 g/mol. The molecular formula is C15H26N2O4. The molecule has 0 aromatic rings. The molecule has 2 aliphatic rings. The van der Waals surface area contributed by atoms with Gasteiger partial charge >= 0.3 is 5.97 Å². The predicted molar refractivity (Wildman–Crippen MR) is 77.9 cm³/mol. The smallest absolute Gasteiger partial charge is 0.306 e. The molecule has 2 fully saturated rings. The molecule has 0 bridgehead atoms. The van der Waals surface area contributed by atoms with Gasteiger partial charge in [0.15, 0.2) is 0 Å². The molecule has 1 unspecified atom stereocenters. The lowest BCUT2D eigenvalue weighted by Gasteiger charge is -2.34. The third kappa shape index (κ3) is 4.41. The second-order valence-electron chi connectivity index (χ2n) is 6.15. The number of hydrogen-bond acceptors (Lipinski definition) is 4. The third-order valence-electron chi connectivity index (χ3n) is 4.75. The number of carboxylic acid groups (broad SMARTS) is 1. The zero-order valence-electron chi connectivity index (χ0n) is 12.5. The number of likely N-dealkylation sites (tertiary alicyclic amines) is 2. The monoisotopic (exact) mass is 298 g/mol. The van der Waals surface area contributed by atoms with Gasteiger partial charge in [0.25, 0.3) is 0 Å². The van der Waals surface area contributed by atoms with Gasteiger partial charge in [-0.3, -0.25) is 14.5 Å². The van der Waals surface area contributed by atoms with E-state index in [1.54, 1.807) is 4.90 Å². The van der Waals surface area contributed by atoms with Gasteiger partial charge in [-0.25, -0.2) is 0 Å². The summed E-state index contributed by atoms with van der Waals surface area (Å²) in [6, 6.07) is 0.0907. The van der Waals surface area contributed by atoms with Crippen LogP contribution in [0.5, 0.6) is 0 Å². The van der Waals surface area contributed by atoms with Crippen molar-refractivity contribution >= 4 is 11.9 Å². The van der Waals surface area contributed by atoms with Crippen LogP contribution < -0.4 is 0 Å². The zero-order chi connectivity index (χ0) is 15.2. The summed E-state index contributed by atoms with van der Waals surface area (Å²) in [5, 5.41) is 18.5. The Bertz CT molecular complexity index is 367. The predicted octanol–water partition coefficient (Wildman–Crippen LogP) is 0.546. The molecule has 6 nitrogen and oxygen atoms in total. The highest BCUT2D eigenvalue weighted by molar-refractivity contribution is 5.79. The van der Waals surface area contributed by atoms with E-state index in [2.05, 4.69) is 4.90 Å². The number of rotatable bonds is 4. The summed E-state index contributed by atoms with van der Waals surface area (Å²) in [5.41, 5.74) is 0. The number of nitrogens with zero attached hydrogens (tertiary/aromatic N) is 2. The minimum atomic E-state index is -0.755. The number of piperidine rings is 1. The van der Waals surface area contributed by atoms with Gasteiger partial charge in [-0.15, -0.1) is 0 Å². The molecule has 0 saturated carbocycles. The molecule has 21 heavy (non-hydrogen) atoms. The minimum absolute atomic E-state index is 0.0687. The second-order valence-corrected chi connectivity index (χ2v) is 6.15. The topological polar surface area (TPSA) is 81.1 Å². The number of carbonyl (C=O) groups is 2. The van der Waals surface area contributed by atoms with Crippen molar-refractivity contribution in [3.8, 4) is 0 Å². The van der Waals surface area contributed by atoms with Gasteiger partial charge in [0, 0.05) is 19.1 Å². The number of aliphatic hydroxyl groups is 1. The van der Waals surface area contributed by atoms with Gasteiger partial charge in [-0.2, -0.15) is 0 Å². The van der Waals surface area contributed by atoms with Crippen molar-refractivity contribution in [3.05, 3.63) is 0 Å². The first-order chi connectivity index (χ1) is 10.1. The number of carbonyl (C=O) groups excluding carboxylic acids is 1. The van der Waals surface area contributed by atoms with E-state index >= 15 is 0 Å². The summed E-state index contributed by atoms with van der Waals surface area (Å²) in [5.74, 6) is -0.994. The number of carboxylic acids is 1. The van der Waals surface area contributed by atoms with Gasteiger partial charge in [-0.1, -0.05) is 12.8 Å². The van der Waals surface area contributed by atoms with Crippen LogP contribution in [-0.2, 0) is 9.59 Å². The Kier molecular flexibility index (Phi) is 5.99. The Morgan fingerprint density at radius 2 is 1.71 bits per heavy atom. The Labute approximate surface area is 125 Å². The summed E-state index contributed by atoms with van der Waals surface area (Å²) in [7, 11) is 0. The van der Waals surface area contributed by atoms with Crippen LogP contribution in [0.3, 0.4) is 0 Å². The average Bonchev–Trinajstić information content (AvgIpc) is 2.72. The molecule has 0 radical (unpaired) electrons. The van der Waals surface area contributed by atoms with Crippen molar-refractivity contribution in [3.63, 3.8) is 0 Å². The molecule has 2 aliphatic heterocycles. The first-order valence-corrected chi connectivity index (χ1v) is 7.97. The van der Waals surface area contributed by atoms with Crippen LogP contribution in [0, 0.1) is 5.92 Å². The summed E-state index contributed by atoms with van der Waals surface area (Å²) in [4.78, 5) is 27.2. The molecule has 2 N–H and O–H groups in total. The lowest BCUT2D eigenvalue weighted by Crippen LogP contribution is -2.48. The van der Waals surface area contributed by atoms with Gasteiger partial charge in [0.2, 0.25) is 5.91 Å². The Balaban J connectivity index is 1.84.